The standard InChI is InChI=1S/C23H25N3O3S2/c1-2-29-23(28)17-9-6-11-26(14-17)20(27)10-12-30-21-18-13-19(16-7-4-3-5-8-16)31-22(18)25-15-24-21/h3-5,7-8,13,15,17H,2,6,9-12,14H2,1H3. The highest BCUT2D eigenvalue weighted by atomic mass is 32.2. The van der Waals surface area contributed by atoms with Crippen molar-refractivity contribution in [3.05, 3.63) is 42.7 Å². The first kappa shape index (κ1) is 21.8. The van der Waals surface area contributed by atoms with Crippen molar-refractivity contribution in [1.82, 2.24) is 14.9 Å². The molecule has 0 aliphatic carbocycles. The van der Waals surface area contributed by atoms with Gasteiger partial charge in [0.25, 0.3) is 0 Å². The van der Waals surface area contributed by atoms with E-state index in [0.717, 1.165) is 38.5 Å². The third kappa shape index (κ3) is 5.25. The Labute approximate surface area is 190 Å². The number of piperidine rings is 1. The van der Waals surface area contributed by atoms with E-state index in [2.05, 4.69) is 28.2 Å². The highest BCUT2D eigenvalue weighted by Crippen LogP contribution is 2.36. The van der Waals surface area contributed by atoms with E-state index >= 15 is 0 Å². The molecule has 6 nitrogen and oxygen atoms in total. The molecule has 4 rings (SSSR count). The predicted molar refractivity (Wildman–Crippen MR) is 124 cm³/mol. The Kier molecular flexibility index (Phi) is 7.19. The lowest BCUT2D eigenvalue weighted by Crippen LogP contribution is -2.42. The predicted octanol–water partition coefficient (Wildman–Crippen LogP) is 4.64. The number of esters is 1. The number of carbonyl (C=O) groups is 2. The van der Waals surface area contributed by atoms with Crippen LogP contribution in [0.4, 0.5) is 0 Å². The third-order valence-electron chi connectivity index (χ3n) is 5.30. The lowest BCUT2D eigenvalue weighted by Gasteiger charge is -2.31. The fraction of sp³-hybridized carbons (Fsp3) is 0.391. The first-order chi connectivity index (χ1) is 15.2. The van der Waals surface area contributed by atoms with Gasteiger partial charge in [0.2, 0.25) is 5.91 Å². The van der Waals surface area contributed by atoms with Crippen molar-refractivity contribution < 1.29 is 14.3 Å². The highest BCUT2D eigenvalue weighted by Gasteiger charge is 2.29. The summed E-state index contributed by atoms with van der Waals surface area (Å²) in [5.74, 6) is 0.336. The fourth-order valence-corrected chi connectivity index (χ4v) is 5.71. The van der Waals surface area contributed by atoms with Crippen LogP contribution in [0.15, 0.2) is 47.8 Å². The van der Waals surface area contributed by atoms with E-state index in [1.165, 1.54) is 0 Å². The summed E-state index contributed by atoms with van der Waals surface area (Å²) in [5.41, 5.74) is 1.16. The largest absolute Gasteiger partial charge is 0.466 e. The molecular weight excluding hydrogens is 430 g/mol. The highest BCUT2D eigenvalue weighted by molar-refractivity contribution is 7.99. The summed E-state index contributed by atoms with van der Waals surface area (Å²) in [7, 11) is 0. The van der Waals surface area contributed by atoms with Gasteiger partial charge in [0.15, 0.2) is 0 Å². The van der Waals surface area contributed by atoms with Crippen LogP contribution in [0.3, 0.4) is 0 Å². The van der Waals surface area contributed by atoms with E-state index in [-0.39, 0.29) is 17.8 Å². The smallest absolute Gasteiger partial charge is 0.310 e. The van der Waals surface area contributed by atoms with Gasteiger partial charge >= 0.3 is 5.97 Å². The zero-order chi connectivity index (χ0) is 21.6. The summed E-state index contributed by atoms with van der Waals surface area (Å²) in [4.78, 5) is 37.5. The second kappa shape index (κ2) is 10.2. The van der Waals surface area contributed by atoms with Gasteiger partial charge in [-0.25, -0.2) is 9.97 Å². The number of thioether (sulfide) groups is 1. The number of hydrogen-bond donors (Lipinski definition) is 0. The lowest BCUT2D eigenvalue weighted by molar-refractivity contribution is -0.151. The van der Waals surface area contributed by atoms with Crippen molar-refractivity contribution >= 4 is 45.2 Å². The molecule has 0 N–H and O–H groups in total. The Morgan fingerprint density at radius 2 is 2.10 bits per heavy atom. The quantitative estimate of drug-likeness (QED) is 0.294. The van der Waals surface area contributed by atoms with Gasteiger partial charge < -0.3 is 9.64 Å². The van der Waals surface area contributed by atoms with Crippen LogP contribution in [0.25, 0.3) is 20.7 Å². The number of nitrogens with zero attached hydrogens (tertiary/aromatic N) is 3. The Bertz CT molecular complexity index is 1050. The summed E-state index contributed by atoms with van der Waals surface area (Å²) in [5, 5.41) is 1.93. The molecule has 2 aromatic heterocycles. The number of fused-ring (bicyclic) bond motifs is 1. The second-order valence-electron chi connectivity index (χ2n) is 7.40. The average Bonchev–Trinajstić information content (AvgIpc) is 3.25. The van der Waals surface area contributed by atoms with Crippen LogP contribution >= 0.6 is 23.1 Å². The van der Waals surface area contributed by atoms with Gasteiger partial charge in [-0.05, 0) is 31.4 Å². The topological polar surface area (TPSA) is 72.4 Å². The molecule has 162 valence electrons. The van der Waals surface area contributed by atoms with E-state index in [1.807, 2.05) is 18.2 Å². The number of ether oxygens (including phenoxy) is 1. The van der Waals surface area contributed by atoms with E-state index in [1.54, 1.807) is 41.2 Å². The van der Waals surface area contributed by atoms with Gasteiger partial charge in [0, 0.05) is 35.5 Å². The first-order valence-corrected chi connectivity index (χ1v) is 12.3. The molecule has 3 heterocycles. The lowest BCUT2D eigenvalue weighted by atomic mass is 9.98. The van der Waals surface area contributed by atoms with E-state index in [4.69, 9.17) is 4.74 Å². The molecule has 1 aliphatic rings. The Morgan fingerprint density at radius 3 is 2.90 bits per heavy atom. The van der Waals surface area contributed by atoms with Gasteiger partial charge in [-0.15, -0.1) is 23.1 Å². The third-order valence-corrected chi connectivity index (χ3v) is 7.40. The van der Waals surface area contributed by atoms with Crippen LogP contribution in [0, 0.1) is 5.92 Å². The first-order valence-electron chi connectivity index (χ1n) is 10.5. The number of benzene rings is 1. The second-order valence-corrected chi connectivity index (χ2v) is 9.52. The molecule has 1 fully saturated rings. The number of likely N-dealkylation sites (tertiary alicyclic amines) is 1. The minimum Gasteiger partial charge on any atom is -0.466 e. The fourth-order valence-electron chi connectivity index (χ4n) is 3.74. The zero-order valence-electron chi connectivity index (χ0n) is 17.5. The molecule has 0 radical (unpaired) electrons. The van der Waals surface area contributed by atoms with Gasteiger partial charge in [0.1, 0.15) is 16.2 Å². The number of hydrogen-bond acceptors (Lipinski definition) is 7. The van der Waals surface area contributed by atoms with Gasteiger partial charge in [0.05, 0.1) is 12.5 Å². The molecule has 0 bridgehead atoms. The molecule has 1 unspecified atom stereocenters. The van der Waals surface area contributed by atoms with Crippen molar-refractivity contribution in [3.8, 4) is 10.4 Å². The van der Waals surface area contributed by atoms with Gasteiger partial charge in [-0.3, -0.25) is 9.59 Å². The van der Waals surface area contributed by atoms with Crippen LogP contribution in [0.2, 0.25) is 0 Å². The maximum atomic E-state index is 12.7. The number of aromatic nitrogens is 2. The molecule has 3 aromatic rings. The molecule has 1 aromatic carbocycles. The summed E-state index contributed by atoms with van der Waals surface area (Å²) in [6, 6.07) is 12.4. The molecule has 31 heavy (non-hydrogen) atoms. The summed E-state index contributed by atoms with van der Waals surface area (Å²) >= 11 is 3.23. The summed E-state index contributed by atoms with van der Waals surface area (Å²) in [6.07, 6.45) is 3.64. The van der Waals surface area contributed by atoms with Crippen LogP contribution < -0.4 is 0 Å². The van der Waals surface area contributed by atoms with Crippen LogP contribution in [-0.4, -0.2) is 52.2 Å². The molecule has 1 amide bonds. The van der Waals surface area contributed by atoms with Crippen molar-refractivity contribution in [2.45, 2.75) is 31.2 Å². The summed E-state index contributed by atoms with van der Waals surface area (Å²) < 4.78 is 5.13. The molecule has 1 atom stereocenters. The van der Waals surface area contributed by atoms with E-state index < -0.39 is 0 Å². The van der Waals surface area contributed by atoms with E-state index in [0.29, 0.717) is 31.9 Å². The Hall–Kier alpha value is -2.45. The number of carbonyl (C=O) groups excluding carboxylic acids is 2. The Morgan fingerprint density at radius 1 is 1.26 bits per heavy atom. The zero-order valence-corrected chi connectivity index (χ0v) is 19.1. The average molecular weight is 456 g/mol. The SMILES string of the molecule is CCOC(=O)C1CCCN(C(=O)CCSc2ncnc3sc(-c4ccccc4)cc23)C1. The van der Waals surface area contributed by atoms with Crippen LogP contribution in [-0.2, 0) is 14.3 Å². The van der Waals surface area contributed by atoms with Gasteiger partial charge in [-0.2, -0.15) is 0 Å². The van der Waals surface area contributed by atoms with Crippen LogP contribution in [0.1, 0.15) is 26.2 Å². The Balaban J connectivity index is 1.36. The van der Waals surface area contributed by atoms with Gasteiger partial charge in [-0.1, -0.05) is 30.3 Å². The number of rotatable bonds is 7. The normalized spacial score (nSPS) is 16.4. The maximum Gasteiger partial charge on any atom is 0.310 e. The van der Waals surface area contributed by atoms with Crippen molar-refractivity contribution in [2.75, 3.05) is 25.4 Å². The molecule has 8 heteroatoms. The van der Waals surface area contributed by atoms with Crippen molar-refractivity contribution in [2.24, 2.45) is 5.92 Å². The maximum absolute atomic E-state index is 12.7. The molecule has 0 saturated carbocycles. The van der Waals surface area contributed by atoms with E-state index in [9.17, 15) is 9.59 Å². The summed E-state index contributed by atoms with van der Waals surface area (Å²) in [6.45, 7) is 3.36. The van der Waals surface area contributed by atoms with Crippen molar-refractivity contribution in [3.63, 3.8) is 0 Å². The van der Waals surface area contributed by atoms with Crippen LogP contribution in [0.5, 0.6) is 0 Å². The van der Waals surface area contributed by atoms with Crippen molar-refractivity contribution in [1.29, 1.82) is 0 Å². The molecule has 1 saturated heterocycles. The monoisotopic (exact) mass is 455 g/mol. The minimum absolute atomic E-state index is 0.0853. The molecule has 0 spiro atoms. The number of amides is 1. The molecular formula is C23H25N3O3S2. The molecule has 1 aliphatic heterocycles. The number of thiophene rings is 1. The minimum atomic E-state index is -0.200.